The van der Waals surface area contributed by atoms with Crippen LogP contribution in [0.25, 0.3) is 11.1 Å². The molecule has 31 heavy (non-hydrogen) atoms. The molecule has 8 nitrogen and oxygen atoms in total. The van der Waals surface area contributed by atoms with E-state index >= 15 is 0 Å². The molecule has 0 aliphatic carbocycles. The van der Waals surface area contributed by atoms with E-state index in [1.165, 1.54) is 24.3 Å². The first-order valence-corrected chi connectivity index (χ1v) is 11.3. The molecule has 10 heteroatoms. The van der Waals surface area contributed by atoms with Gasteiger partial charge in [0.2, 0.25) is 0 Å². The summed E-state index contributed by atoms with van der Waals surface area (Å²) in [7, 11) is -4.23. The zero-order chi connectivity index (χ0) is 22.9. The van der Waals surface area contributed by atoms with E-state index in [0.29, 0.717) is 33.8 Å². The van der Waals surface area contributed by atoms with Gasteiger partial charge in [-0.3, -0.25) is 4.72 Å². The zero-order valence-corrected chi connectivity index (χ0v) is 18.7. The summed E-state index contributed by atoms with van der Waals surface area (Å²) in [6.45, 7) is 9.14. The maximum absolute atomic E-state index is 14.0. The second-order valence-corrected chi connectivity index (χ2v) is 9.26. The van der Waals surface area contributed by atoms with Crippen LogP contribution in [0.1, 0.15) is 56.5 Å². The van der Waals surface area contributed by atoms with Gasteiger partial charge in [0.05, 0.1) is 5.69 Å². The van der Waals surface area contributed by atoms with Crippen molar-refractivity contribution in [3.8, 4) is 0 Å². The number of aryl methyl sites for hydroxylation is 1. The molecule has 0 saturated carbocycles. The number of carbonyl (C=O) groups excluding carboxylic acids is 1. The number of halogens is 1. The number of urea groups is 1. The van der Waals surface area contributed by atoms with Crippen molar-refractivity contribution in [3.05, 3.63) is 53.2 Å². The number of nitrogens with zero attached hydrogens (tertiary/aromatic N) is 1. The predicted octanol–water partition coefficient (Wildman–Crippen LogP) is 5.00. The highest BCUT2D eigenvalue weighted by Crippen LogP contribution is 2.33. The molecule has 1 heterocycles. The molecule has 0 bridgehead atoms. The summed E-state index contributed by atoms with van der Waals surface area (Å²) in [5, 5.41) is 2.58. The van der Waals surface area contributed by atoms with Crippen LogP contribution in [0.2, 0.25) is 0 Å². The second kappa shape index (κ2) is 8.54. The lowest BCUT2D eigenvalue weighted by atomic mass is 9.92. The summed E-state index contributed by atoms with van der Waals surface area (Å²) >= 11 is 0. The van der Waals surface area contributed by atoms with Gasteiger partial charge in [-0.25, -0.2) is 18.9 Å². The summed E-state index contributed by atoms with van der Waals surface area (Å²) in [5.41, 5.74) is 2.78. The molecule has 0 unspecified atom stereocenters. The number of benzene rings is 2. The molecule has 0 fully saturated rings. The number of hydrogen-bond acceptors (Lipinski definition) is 5. The van der Waals surface area contributed by atoms with E-state index in [2.05, 4.69) is 15.0 Å². The highest BCUT2D eigenvalue weighted by Gasteiger charge is 2.21. The fourth-order valence-corrected chi connectivity index (χ4v) is 4.04. The van der Waals surface area contributed by atoms with Crippen molar-refractivity contribution in [3.63, 3.8) is 0 Å². The summed E-state index contributed by atoms with van der Waals surface area (Å²) in [6.07, 6.45) is 0. The maximum Gasteiger partial charge on any atom is 0.334 e. The number of nitrogens with one attached hydrogen (secondary N) is 3. The molecule has 3 rings (SSSR count). The van der Waals surface area contributed by atoms with Crippen molar-refractivity contribution < 1.29 is 22.0 Å². The number of aromatic nitrogens is 1. The number of fused-ring (bicyclic) bond motifs is 1. The molecule has 3 N–H and O–H groups in total. The van der Waals surface area contributed by atoms with Gasteiger partial charge in [0.25, 0.3) is 0 Å². The Hall–Kier alpha value is -3.14. The third-order valence-electron chi connectivity index (χ3n) is 4.62. The average molecular weight is 449 g/mol. The minimum atomic E-state index is -4.23. The van der Waals surface area contributed by atoms with Crippen molar-refractivity contribution in [2.75, 3.05) is 10.0 Å². The summed E-state index contributed by atoms with van der Waals surface area (Å²) in [4.78, 5) is 16.7. The lowest BCUT2D eigenvalue weighted by Crippen LogP contribution is -2.38. The molecule has 1 aromatic heterocycles. The van der Waals surface area contributed by atoms with Gasteiger partial charge < -0.3 is 9.73 Å². The smallest absolute Gasteiger partial charge is 0.334 e. The molecular formula is C21H25FN4O4S. The summed E-state index contributed by atoms with van der Waals surface area (Å²) in [5.74, 6) is -0.133. The average Bonchev–Trinajstić information content (AvgIpc) is 3.00. The van der Waals surface area contributed by atoms with Gasteiger partial charge in [-0.2, -0.15) is 8.42 Å². The Kier molecular flexibility index (Phi) is 6.21. The molecular weight excluding hydrogens is 423 g/mol. The zero-order valence-electron chi connectivity index (χ0n) is 17.9. The molecule has 3 aromatic rings. The van der Waals surface area contributed by atoms with E-state index in [4.69, 9.17) is 4.42 Å². The van der Waals surface area contributed by atoms with Gasteiger partial charge in [0.15, 0.2) is 11.5 Å². The van der Waals surface area contributed by atoms with Crippen molar-refractivity contribution in [2.24, 2.45) is 0 Å². The molecule has 0 aliphatic heterocycles. The van der Waals surface area contributed by atoms with Gasteiger partial charge in [0.1, 0.15) is 11.3 Å². The minimum Gasteiger partial charge on any atom is -0.441 e. The second-order valence-electron chi connectivity index (χ2n) is 7.85. The van der Waals surface area contributed by atoms with Crippen LogP contribution in [0, 0.1) is 12.7 Å². The van der Waals surface area contributed by atoms with Crippen molar-refractivity contribution in [1.82, 2.24) is 9.71 Å². The SMILES string of the molecule is Cc1nc2cc(NS(=O)(=O)NC(=O)Nc3c(C(C)C)cc(F)cc3C(C)C)ccc2o1. The quantitative estimate of drug-likeness (QED) is 0.491. The van der Waals surface area contributed by atoms with Crippen LogP contribution in [0.3, 0.4) is 0 Å². The van der Waals surface area contributed by atoms with Gasteiger partial charge in [-0.15, -0.1) is 0 Å². The van der Waals surface area contributed by atoms with Crippen LogP contribution in [0.15, 0.2) is 34.7 Å². The van der Waals surface area contributed by atoms with E-state index < -0.39 is 22.1 Å². The molecule has 0 radical (unpaired) electrons. The van der Waals surface area contributed by atoms with Crippen LogP contribution in [0.5, 0.6) is 0 Å². The van der Waals surface area contributed by atoms with E-state index in [0.717, 1.165) is 0 Å². The van der Waals surface area contributed by atoms with Crippen molar-refractivity contribution in [1.29, 1.82) is 0 Å². The third kappa shape index (κ3) is 5.32. The molecule has 0 atom stereocenters. The Morgan fingerprint density at radius 3 is 2.26 bits per heavy atom. The molecule has 2 amide bonds. The first kappa shape index (κ1) is 22.5. The van der Waals surface area contributed by atoms with Gasteiger partial charge in [-0.05, 0) is 53.3 Å². The molecule has 0 saturated heterocycles. The first-order chi connectivity index (χ1) is 14.4. The monoisotopic (exact) mass is 448 g/mol. The van der Waals surface area contributed by atoms with Gasteiger partial charge >= 0.3 is 16.2 Å². The van der Waals surface area contributed by atoms with Gasteiger partial charge in [-0.1, -0.05) is 27.7 Å². The number of amides is 2. The summed E-state index contributed by atoms with van der Waals surface area (Å²) < 4.78 is 48.5. The van der Waals surface area contributed by atoms with Crippen molar-refractivity contribution >= 4 is 38.7 Å². The largest absolute Gasteiger partial charge is 0.441 e. The molecule has 166 valence electrons. The molecule has 0 spiro atoms. The number of anilines is 2. The maximum atomic E-state index is 14.0. The fraction of sp³-hybridized carbons (Fsp3) is 0.333. The van der Waals surface area contributed by atoms with Crippen LogP contribution >= 0.6 is 0 Å². The standard InChI is InChI=1S/C21H25FN4O4S/c1-11(2)16-8-14(22)9-17(12(3)4)20(16)24-21(27)26-31(28,29)25-15-6-7-19-18(10-15)23-13(5)30-19/h6-12,25H,1-5H3,(H2,24,26,27). The highest BCUT2D eigenvalue weighted by molar-refractivity contribution is 7.91. The van der Waals surface area contributed by atoms with Crippen LogP contribution in [-0.2, 0) is 10.2 Å². The highest BCUT2D eigenvalue weighted by atomic mass is 32.2. The lowest BCUT2D eigenvalue weighted by molar-refractivity contribution is 0.256. The summed E-state index contributed by atoms with van der Waals surface area (Å²) in [6, 6.07) is 6.30. The van der Waals surface area contributed by atoms with E-state index in [1.54, 1.807) is 13.0 Å². The molecule has 0 aliphatic rings. The third-order valence-corrected chi connectivity index (χ3v) is 5.58. The lowest BCUT2D eigenvalue weighted by Gasteiger charge is -2.21. The topological polar surface area (TPSA) is 113 Å². The minimum absolute atomic E-state index is 0.0872. The Labute approximate surface area is 180 Å². The van der Waals surface area contributed by atoms with E-state index in [1.807, 2.05) is 32.4 Å². The van der Waals surface area contributed by atoms with Crippen LogP contribution in [0.4, 0.5) is 20.6 Å². The Balaban J connectivity index is 1.80. The number of carbonyl (C=O) groups is 1. The van der Waals surface area contributed by atoms with Gasteiger partial charge in [0, 0.05) is 12.6 Å². The van der Waals surface area contributed by atoms with E-state index in [-0.39, 0.29) is 17.5 Å². The predicted molar refractivity (Wildman–Crippen MR) is 118 cm³/mol. The Bertz CT molecular complexity index is 1210. The van der Waals surface area contributed by atoms with E-state index in [9.17, 15) is 17.6 Å². The van der Waals surface area contributed by atoms with Crippen LogP contribution < -0.4 is 14.8 Å². The first-order valence-electron chi connectivity index (χ1n) is 9.77. The normalized spacial score (nSPS) is 11.9. The van der Waals surface area contributed by atoms with Crippen LogP contribution in [-0.4, -0.2) is 19.4 Å². The Morgan fingerprint density at radius 1 is 1.06 bits per heavy atom. The fourth-order valence-electron chi connectivity index (χ4n) is 3.25. The number of rotatable bonds is 6. The van der Waals surface area contributed by atoms with Crippen molar-refractivity contribution in [2.45, 2.75) is 46.5 Å². The molecule has 2 aromatic carbocycles. The Morgan fingerprint density at radius 2 is 1.68 bits per heavy atom. The number of hydrogen-bond donors (Lipinski definition) is 3. The number of oxazole rings is 1.